The van der Waals surface area contributed by atoms with E-state index in [1.54, 1.807) is 24.4 Å². The average molecular weight is 287 g/mol. The summed E-state index contributed by atoms with van der Waals surface area (Å²) in [4.78, 5) is 27.4. The Balaban J connectivity index is 1.94. The number of hydrogen-bond donors (Lipinski definition) is 3. The van der Waals surface area contributed by atoms with E-state index in [1.165, 1.54) is 0 Å². The van der Waals surface area contributed by atoms with Gasteiger partial charge in [-0.15, -0.1) is 0 Å². The number of primary amides is 1. The first-order chi connectivity index (χ1) is 10.1. The van der Waals surface area contributed by atoms with Gasteiger partial charge in [-0.3, -0.25) is 19.7 Å². The van der Waals surface area contributed by atoms with Gasteiger partial charge in [-0.05, 0) is 25.1 Å². The van der Waals surface area contributed by atoms with E-state index in [-0.39, 0.29) is 12.3 Å². The highest BCUT2D eigenvalue weighted by Crippen LogP contribution is 2.09. The second-order valence-corrected chi connectivity index (χ2v) is 4.70. The molecule has 0 fully saturated rings. The molecule has 2 rings (SSSR count). The van der Waals surface area contributed by atoms with Crippen molar-refractivity contribution in [1.29, 1.82) is 0 Å². The lowest BCUT2D eigenvalue weighted by Crippen LogP contribution is -2.38. The summed E-state index contributed by atoms with van der Waals surface area (Å²) in [7, 11) is 0. The fourth-order valence-corrected chi connectivity index (χ4v) is 1.91. The van der Waals surface area contributed by atoms with Crippen LogP contribution >= 0.6 is 0 Å². The number of pyridine rings is 1. The minimum atomic E-state index is -0.917. The van der Waals surface area contributed by atoms with Gasteiger partial charge in [0.1, 0.15) is 0 Å². The number of rotatable bonds is 6. The minimum absolute atomic E-state index is 0.223. The highest BCUT2D eigenvalue weighted by atomic mass is 16.2. The molecule has 4 N–H and O–H groups in total. The van der Waals surface area contributed by atoms with Crippen molar-refractivity contribution in [2.45, 2.75) is 25.8 Å². The fourth-order valence-electron chi connectivity index (χ4n) is 1.91. The number of nitrogens with two attached hydrogens (primary N) is 1. The Morgan fingerprint density at radius 2 is 2.24 bits per heavy atom. The molecule has 7 nitrogen and oxygen atoms in total. The number of carbonyl (C=O) groups excluding carboxylic acids is 2. The van der Waals surface area contributed by atoms with E-state index in [0.29, 0.717) is 12.1 Å². The standard InChI is InChI=1S/C14H17N5O2/c1-9-8-10(19-18-9)5-6-12(20)17-13(14(15)21)11-4-2-3-7-16-11/h2-4,7-8,13H,5-6H2,1H3,(H2,15,21)(H,17,20)(H,18,19). The molecule has 0 aliphatic heterocycles. The van der Waals surface area contributed by atoms with Crippen LogP contribution in [0.25, 0.3) is 0 Å². The zero-order valence-corrected chi connectivity index (χ0v) is 11.7. The lowest BCUT2D eigenvalue weighted by Gasteiger charge is -2.14. The van der Waals surface area contributed by atoms with E-state index in [9.17, 15) is 9.59 Å². The molecule has 110 valence electrons. The Morgan fingerprint density at radius 1 is 1.43 bits per heavy atom. The normalized spacial score (nSPS) is 11.9. The summed E-state index contributed by atoms with van der Waals surface area (Å²) >= 11 is 0. The molecule has 2 aromatic heterocycles. The Hall–Kier alpha value is -2.70. The van der Waals surface area contributed by atoms with Crippen LogP contribution in [0.15, 0.2) is 30.5 Å². The monoisotopic (exact) mass is 287 g/mol. The maximum Gasteiger partial charge on any atom is 0.246 e. The van der Waals surface area contributed by atoms with E-state index < -0.39 is 11.9 Å². The number of H-pyrrole nitrogens is 1. The summed E-state index contributed by atoms with van der Waals surface area (Å²) in [6.07, 6.45) is 2.26. The van der Waals surface area contributed by atoms with Gasteiger partial charge in [0.25, 0.3) is 0 Å². The van der Waals surface area contributed by atoms with E-state index >= 15 is 0 Å². The SMILES string of the molecule is Cc1cc(CCC(=O)NC(C(N)=O)c2ccccn2)n[nH]1. The Bertz CT molecular complexity index is 623. The lowest BCUT2D eigenvalue weighted by molar-refractivity contribution is -0.127. The first kappa shape index (κ1) is 14.7. The van der Waals surface area contributed by atoms with Gasteiger partial charge in [-0.2, -0.15) is 5.10 Å². The Kier molecular flexibility index (Phi) is 4.65. The number of nitrogens with one attached hydrogen (secondary N) is 2. The van der Waals surface area contributed by atoms with Gasteiger partial charge in [0.05, 0.1) is 11.4 Å². The van der Waals surface area contributed by atoms with E-state index in [2.05, 4.69) is 20.5 Å². The molecule has 0 saturated heterocycles. The quantitative estimate of drug-likeness (QED) is 0.713. The van der Waals surface area contributed by atoms with Crippen LogP contribution in [-0.2, 0) is 16.0 Å². The Labute approximate surface area is 122 Å². The largest absolute Gasteiger partial charge is 0.368 e. The Morgan fingerprint density at radius 3 is 2.81 bits per heavy atom. The van der Waals surface area contributed by atoms with Gasteiger partial charge in [-0.25, -0.2) is 0 Å². The molecule has 0 aliphatic rings. The number of carbonyl (C=O) groups is 2. The van der Waals surface area contributed by atoms with Crippen molar-refractivity contribution in [3.8, 4) is 0 Å². The van der Waals surface area contributed by atoms with Crippen LogP contribution in [0.5, 0.6) is 0 Å². The summed E-state index contributed by atoms with van der Waals surface area (Å²) in [6.45, 7) is 1.89. The minimum Gasteiger partial charge on any atom is -0.368 e. The predicted molar refractivity (Wildman–Crippen MR) is 76.0 cm³/mol. The summed E-state index contributed by atoms with van der Waals surface area (Å²) < 4.78 is 0. The van der Waals surface area contributed by atoms with Gasteiger partial charge in [0.2, 0.25) is 11.8 Å². The molecule has 0 saturated carbocycles. The summed E-state index contributed by atoms with van der Waals surface area (Å²) in [5, 5.41) is 9.46. The van der Waals surface area contributed by atoms with Crippen molar-refractivity contribution in [2.24, 2.45) is 5.73 Å². The van der Waals surface area contributed by atoms with Crippen LogP contribution in [0, 0.1) is 6.92 Å². The van der Waals surface area contributed by atoms with Crippen molar-refractivity contribution in [1.82, 2.24) is 20.5 Å². The first-order valence-corrected chi connectivity index (χ1v) is 6.57. The van der Waals surface area contributed by atoms with Gasteiger partial charge in [-0.1, -0.05) is 6.07 Å². The molecule has 2 aromatic rings. The average Bonchev–Trinajstić information content (AvgIpc) is 2.89. The van der Waals surface area contributed by atoms with Crippen LogP contribution in [0.1, 0.15) is 29.5 Å². The van der Waals surface area contributed by atoms with E-state index in [0.717, 1.165) is 11.4 Å². The number of aryl methyl sites for hydroxylation is 2. The summed E-state index contributed by atoms with van der Waals surface area (Å²) in [5.41, 5.74) is 7.48. The molecule has 0 bridgehead atoms. The van der Waals surface area contributed by atoms with E-state index in [1.807, 2.05) is 13.0 Å². The molecule has 0 radical (unpaired) electrons. The zero-order chi connectivity index (χ0) is 15.2. The van der Waals surface area contributed by atoms with Gasteiger partial charge in [0.15, 0.2) is 6.04 Å². The summed E-state index contributed by atoms with van der Waals surface area (Å²) in [5.74, 6) is -0.914. The van der Waals surface area contributed by atoms with Gasteiger partial charge < -0.3 is 11.1 Å². The molecule has 0 spiro atoms. The number of nitrogens with zero attached hydrogens (tertiary/aromatic N) is 2. The number of aromatic amines is 1. The van der Waals surface area contributed by atoms with Crippen LogP contribution < -0.4 is 11.1 Å². The molecule has 7 heteroatoms. The maximum absolute atomic E-state index is 11.9. The second kappa shape index (κ2) is 6.65. The topological polar surface area (TPSA) is 114 Å². The molecule has 21 heavy (non-hydrogen) atoms. The van der Waals surface area contributed by atoms with Crippen molar-refractivity contribution >= 4 is 11.8 Å². The maximum atomic E-state index is 11.9. The number of amides is 2. The molecule has 2 amide bonds. The van der Waals surface area contributed by atoms with Crippen LogP contribution in [0.3, 0.4) is 0 Å². The molecular formula is C14H17N5O2. The fraction of sp³-hybridized carbons (Fsp3) is 0.286. The third kappa shape index (κ3) is 4.13. The zero-order valence-electron chi connectivity index (χ0n) is 11.7. The first-order valence-electron chi connectivity index (χ1n) is 6.57. The molecule has 0 aromatic carbocycles. The molecular weight excluding hydrogens is 270 g/mol. The smallest absolute Gasteiger partial charge is 0.246 e. The lowest BCUT2D eigenvalue weighted by atomic mass is 10.1. The number of hydrogen-bond acceptors (Lipinski definition) is 4. The van der Waals surface area contributed by atoms with Crippen LogP contribution in [-0.4, -0.2) is 27.0 Å². The molecule has 0 aliphatic carbocycles. The third-order valence-corrected chi connectivity index (χ3v) is 2.94. The van der Waals surface area contributed by atoms with Crippen molar-refractivity contribution < 1.29 is 9.59 Å². The van der Waals surface area contributed by atoms with Crippen molar-refractivity contribution in [3.05, 3.63) is 47.5 Å². The highest BCUT2D eigenvalue weighted by molar-refractivity contribution is 5.87. The van der Waals surface area contributed by atoms with Crippen molar-refractivity contribution in [2.75, 3.05) is 0 Å². The summed E-state index contributed by atoms with van der Waals surface area (Å²) in [6, 6.07) is 6.06. The molecule has 2 heterocycles. The molecule has 1 atom stereocenters. The number of aromatic nitrogens is 3. The highest BCUT2D eigenvalue weighted by Gasteiger charge is 2.21. The van der Waals surface area contributed by atoms with Gasteiger partial charge in [0, 0.05) is 24.7 Å². The third-order valence-electron chi connectivity index (χ3n) is 2.94. The van der Waals surface area contributed by atoms with Crippen LogP contribution in [0.2, 0.25) is 0 Å². The second-order valence-electron chi connectivity index (χ2n) is 4.70. The van der Waals surface area contributed by atoms with Gasteiger partial charge >= 0.3 is 0 Å². The predicted octanol–water partition coefficient (Wildman–Crippen LogP) is 0.389. The van der Waals surface area contributed by atoms with Crippen LogP contribution in [0.4, 0.5) is 0 Å². The molecule has 1 unspecified atom stereocenters. The van der Waals surface area contributed by atoms with E-state index in [4.69, 9.17) is 5.73 Å². The van der Waals surface area contributed by atoms with Crippen molar-refractivity contribution in [3.63, 3.8) is 0 Å².